The smallest absolute Gasteiger partial charge is 0.310 e. The van der Waals surface area contributed by atoms with Crippen LogP contribution in [0, 0.1) is 17.6 Å². The summed E-state index contributed by atoms with van der Waals surface area (Å²) >= 11 is 0. The van der Waals surface area contributed by atoms with Crippen molar-refractivity contribution in [1.82, 2.24) is 4.90 Å². The van der Waals surface area contributed by atoms with Gasteiger partial charge in [0.05, 0.1) is 18.6 Å². The molecule has 1 amide bonds. The summed E-state index contributed by atoms with van der Waals surface area (Å²) in [5.41, 5.74) is -0.183. The summed E-state index contributed by atoms with van der Waals surface area (Å²) in [5, 5.41) is 0. The molecule has 1 fully saturated rings. The first-order chi connectivity index (χ1) is 9.52. The highest BCUT2D eigenvalue weighted by Crippen LogP contribution is 2.21. The molecule has 0 radical (unpaired) electrons. The van der Waals surface area contributed by atoms with Crippen LogP contribution in [-0.4, -0.2) is 37.0 Å². The molecule has 0 aromatic heterocycles. The number of esters is 1. The SMILES string of the molecule is COC(=O)C1CCCN(C(=O)c2ccc(F)cc2F)C1. The van der Waals surface area contributed by atoms with Gasteiger partial charge in [0, 0.05) is 19.2 Å². The van der Waals surface area contributed by atoms with Crippen LogP contribution in [0.1, 0.15) is 23.2 Å². The predicted molar refractivity (Wildman–Crippen MR) is 67.0 cm³/mol. The molecule has 0 saturated carbocycles. The summed E-state index contributed by atoms with van der Waals surface area (Å²) in [6.07, 6.45) is 1.29. The number of amides is 1. The fourth-order valence-corrected chi connectivity index (χ4v) is 2.35. The largest absolute Gasteiger partial charge is 0.469 e. The minimum Gasteiger partial charge on any atom is -0.469 e. The van der Waals surface area contributed by atoms with E-state index in [1.54, 1.807) is 0 Å². The highest BCUT2D eigenvalue weighted by Gasteiger charge is 2.30. The van der Waals surface area contributed by atoms with Crippen molar-refractivity contribution in [2.24, 2.45) is 5.92 Å². The van der Waals surface area contributed by atoms with E-state index in [1.165, 1.54) is 12.0 Å². The number of halogens is 2. The Hall–Kier alpha value is -1.98. The molecule has 1 saturated heterocycles. The number of piperidine rings is 1. The van der Waals surface area contributed by atoms with Crippen molar-refractivity contribution in [1.29, 1.82) is 0 Å². The number of nitrogens with zero attached hydrogens (tertiary/aromatic N) is 1. The number of hydrogen-bond acceptors (Lipinski definition) is 3. The fourth-order valence-electron chi connectivity index (χ4n) is 2.35. The maximum Gasteiger partial charge on any atom is 0.310 e. The van der Waals surface area contributed by atoms with Crippen LogP contribution in [0.2, 0.25) is 0 Å². The Morgan fingerprint density at radius 2 is 2.10 bits per heavy atom. The summed E-state index contributed by atoms with van der Waals surface area (Å²) in [6, 6.07) is 2.84. The zero-order chi connectivity index (χ0) is 14.7. The minimum atomic E-state index is -0.893. The van der Waals surface area contributed by atoms with E-state index in [4.69, 9.17) is 0 Å². The average molecular weight is 283 g/mol. The molecular formula is C14H15F2NO3. The van der Waals surface area contributed by atoms with Crippen LogP contribution in [0.15, 0.2) is 18.2 Å². The number of ether oxygens (including phenoxy) is 1. The van der Waals surface area contributed by atoms with E-state index in [0.29, 0.717) is 25.5 Å². The first-order valence-electron chi connectivity index (χ1n) is 6.35. The standard InChI is InChI=1S/C14H15F2NO3/c1-20-14(19)9-3-2-6-17(8-9)13(18)11-5-4-10(15)7-12(11)16/h4-5,7,9H,2-3,6,8H2,1H3. The molecule has 1 aliphatic rings. The van der Waals surface area contributed by atoms with Gasteiger partial charge in [-0.1, -0.05) is 0 Å². The van der Waals surface area contributed by atoms with Crippen molar-refractivity contribution in [3.8, 4) is 0 Å². The second-order valence-electron chi connectivity index (χ2n) is 4.74. The lowest BCUT2D eigenvalue weighted by Gasteiger charge is -2.31. The highest BCUT2D eigenvalue weighted by molar-refractivity contribution is 5.94. The number of methoxy groups -OCH3 is 1. The summed E-state index contributed by atoms with van der Waals surface area (Å²) < 4.78 is 31.1. The van der Waals surface area contributed by atoms with Crippen molar-refractivity contribution >= 4 is 11.9 Å². The van der Waals surface area contributed by atoms with E-state index in [1.807, 2.05) is 0 Å². The van der Waals surface area contributed by atoms with Crippen LogP contribution in [0.3, 0.4) is 0 Å². The van der Waals surface area contributed by atoms with Gasteiger partial charge in [-0.2, -0.15) is 0 Å². The van der Waals surface area contributed by atoms with Crippen LogP contribution < -0.4 is 0 Å². The minimum absolute atomic E-state index is 0.183. The zero-order valence-corrected chi connectivity index (χ0v) is 11.1. The fraction of sp³-hybridized carbons (Fsp3) is 0.429. The van der Waals surface area contributed by atoms with Gasteiger partial charge in [0.25, 0.3) is 5.91 Å². The van der Waals surface area contributed by atoms with E-state index in [2.05, 4.69) is 4.74 Å². The van der Waals surface area contributed by atoms with Gasteiger partial charge in [0.2, 0.25) is 0 Å². The molecule has 20 heavy (non-hydrogen) atoms. The molecule has 108 valence electrons. The predicted octanol–water partition coefficient (Wildman–Crippen LogP) is 1.99. The van der Waals surface area contributed by atoms with Crippen LogP contribution in [0.25, 0.3) is 0 Å². The zero-order valence-electron chi connectivity index (χ0n) is 11.1. The molecule has 1 unspecified atom stereocenters. The lowest BCUT2D eigenvalue weighted by molar-refractivity contribution is -0.146. The Bertz CT molecular complexity index is 533. The van der Waals surface area contributed by atoms with Crippen LogP contribution in [0.4, 0.5) is 8.78 Å². The van der Waals surface area contributed by atoms with Crippen molar-refractivity contribution in [3.63, 3.8) is 0 Å². The highest BCUT2D eigenvalue weighted by atomic mass is 19.1. The first kappa shape index (κ1) is 14.4. The maximum atomic E-state index is 13.6. The van der Waals surface area contributed by atoms with Crippen LogP contribution in [0.5, 0.6) is 0 Å². The molecular weight excluding hydrogens is 268 g/mol. The van der Waals surface area contributed by atoms with Crippen LogP contribution >= 0.6 is 0 Å². The first-order valence-corrected chi connectivity index (χ1v) is 6.35. The molecule has 4 nitrogen and oxygen atoms in total. The van der Waals surface area contributed by atoms with Gasteiger partial charge < -0.3 is 9.64 Å². The van der Waals surface area contributed by atoms with Crippen molar-refractivity contribution in [3.05, 3.63) is 35.4 Å². The second-order valence-corrected chi connectivity index (χ2v) is 4.74. The third-order valence-electron chi connectivity index (χ3n) is 3.40. The lowest BCUT2D eigenvalue weighted by Crippen LogP contribution is -2.42. The van der Waals surface area contributed by atoms with Crippen molar-refractivity contribution in [2.45, 2.75) is 12.8 Å². The normalized spacial score (nSPS) is 18.8. The molecule has 0 spiro atoms. The van der Waals surface area contributed by atoms with Gasteiger partial charge in [-0.05, 0) is 25.0 Å². The molecule has 1 heterocycles. The molecule has 0 bridgehead atoms. The summed E-state index contributed by atoms with van der Waals surface area (Å²) in [6.45, 7) is 0.644. The molecule has 0 N–H and O–H groups in total. The van der Waals surface area contributed by atoms with Crippen molar-refractivity contribution in [2.75, 3.05) is 20.2 Å². The number of carbonyl (C=O) groups excluding carboxylic acids is 2. The number of rotatable bonds is 2. The lowest BCUT2D eigenvalue weighted by atomic mass is 9.97. The number of likely N-dealkylation sites (tertiary alicyclic amines) is 1. The quantitative estimate of drug-likeness (QED) is 0.780. The Kier molecular flexibility index (Phi) is 4.32. The van der Waals surface area contributed by atoms with Gasteiger partial charge in [-0.15, -0.1) is 0 Å². The van der Waals surface area contributed by atoms with E-state index >= 15 is 0 Å². The second kappa shape index (κ2) is 5.98. The molecule has 0 aliphatic carbocycles. The maximum absolute atomic E-state index is 13.6. The van der Waals surface area contributed by atoms with Gasteiger partial charge in [0.15, 0.2) is 0 Å². The monoisotopic (exact) mass is 283 g/mol. The molecule has 1 aliphatic heterocycles. The van der Waals surface area contributed by atoms with Crippen LogP contribution in [-0.2, 0) is 9.53 Å². The van der Waals surface area contributed by atoms with E-state index in [0.717, 1.165) is 12.1 Å². The Balaban J connectivity index is 2.14. The Morgan fingerprint density at radius 1 is 1.35 bits per heavy atom. The Labute approximate surface area is 115 Å². The average Bonchev–Trinajstić information content (AvgIpc) is 2.46. The van der Waals surface area contributed by atoms with E-state index in [-0.39, 0.29) is 24.0 Å². The molecule has 1 aromatic rings. The molecule has 2 rings (SSSR count). The third-order valence-corrected chi connectivity index (χ3v) is 3.40. The molecule has 1 atom stereocenters. The summed E-state index contributed by atoms with van der Waals surface area (Å²) in [4.78, 5) is 25.1. The van der Waals surface area contributed by atoms with Gasteiger partial charge in [-0.25, -0.2) is 8.78 Å². The van der Waals surface area contributed by atoms with Crippen molar-refractivity contribution < 1.29 is 23.1 Å². The van der Waals surface area contributed by atoms with Gasteiger partial charge in [0.1, 0.15) is 11.6 Å². The Morgan fingerprint density at radius 3 is 2.75 bits per heavy atom. The number of benzene rings is 1. The summed E-state index contributed by atoms with van der Waals surface area (Å²) in [5.74, 6) is -2.92. The molecule has 6 heteroatoms. The van der Waals surface area contributed by atoms with E-state index < -0.39 is 17.5 Å². The third kappa shape index (κ3) is 2.95. The number of hydrogen-bond donors (Lipinski definition) is 0. The van der Waals surface area contributed by atoms with Gasteiger partial charge in [-0.3, -0.25) is 9.59 Å². The topological polar surface area (TPSA) is 46.6 Å². The summed E-state index contributed by atoms with van der Waals surface area (Å²) in [7, 11) is 1.29. The molecule has 1 aromatic carbocycles. The number of carbonyl (C=O) groups is 2. The van der Waals surface area contributed by atoms with Gasteiger partial charge >= 0.3 is 5.97 Å². The van der Waals surface area contributed by atoms with E-state index in [9.17, 15) is 18.4 Å².